The summed E-state index contributed by atoms with van der Waals surface area (Å²) in [6.07, 6.45) is 1.30. The van der Waals surface area contributed by atoms with Crippen molar-refractivity contribution in [2.75, 3.05) is 0 Å². The molecule has 0 aliphatic heterocycles. The Morgan fingerprint density at radius 1 is 1.62 bits per heavy atom. The van der Waals surface area contributed by atoms with E-state index in [4.69, 9.17) is 0 Å². The maximum atomic E-state index is 9.21. The number of hydrogen-bond donors (Lipinski definition) is 2. The van der Waals surface area contributed by atoms with Gasteiger partial charge in [0.2, 0.25) is 0 Å². The Balaban J connectivity index is 2.39. The van der Waals surface area contributed by atoms with Gasteiger partial charge in [0.05, 0.1) is 12.6 Å². The lowest BCUT2D eigenvalue weighted by Gasteiger charge is -2.15. The molecule has 0 saturated carbocycles. The molecule has 5 nitrogen and oxygen atoms in total. The summed E-state index contributed by atoms with van der Waals surface area (Å²) in [4.78, 5) is 0. The lowest BCUT2D eigenvalue weighted by molar-refractivity contribution is 0.151. The number of hydrogen-bond acceptors (Lipinski definition) is 4. The predicted octanol–water partition coefficient (Wildman–Crippen LogP) is -0.326. The Kier molecular flexibility index (Phi) is 3.39. The zero-order chi connectivity index (χ0) is 9.84. The first-order valence-electron chi connectivity index (χ1n) is 4.35. The Bertz CT molecular complexity index is 258. The molecule has 2 unspecified atom stereocenters. The van der Waals surface area contributed by atoms with Crippen molar-refractivity contribution in [1.82, 2.24) is 20.1 Å². The van der Waals surface area contributed by atoms with Gasteiger partial charge in [-0.2, -0.15) is 0 Å². The summed E-state index contributed by atoms with van der Waals surface area (Å²) in [5.41, 5.74) is 0. The highest BCUT2D eigenvalue weighted by atomic mass is 16.3. The maximum absolute atomic E-state index is 9.21. The molecule has 0 fully saturated rings. The zero-order valence-corrected chi connectivity index (χ0v) is 8.23. The van der Waals surface area contributed by atoms with Crippen molar-refractivity contribution in [3.63, 3.8) is 0 Å². The third kappa shape index (κ3) is 2.78. The Morgan fingerprint density at radius 2 is 2.31 bits per heavy atom. The van der Waals surface area contributed by atoms with Crippen LogP contribution in [0.25, 0.3) is 0 Å². The third-order valence-corrected chi connectivity index (χ3v) is 2.11. The molecular formula is C8H16N4O. The topological polar surface area (TPSA) is 63.0 Å². The second-order valence-corrected chi connectivity index (χ2v) is 3.27. The number of aliphatic hydroxyl groups excluding tert-OH is 1. The molecule has 1 heterocycles. The lowest BCUT2D eigenvalue weighted by atomic mass is 10.2. The van der Waals surface area contributed by atoms with E-state index in [1.165, 1.54) is 0 Å². The molecule has 74 valence electrons. The highest BCUT2D eigenvalue weighted by Crippen LogP contribution is 1.94. The van der Waals surface area contributed by atoms with Crippen LogP contribution in [0.4, 0.5) is 0 Å². The van der Waals surface area contributed by atoms with Crippen LogP contribution in [0.2, 0.25) is 0 Å². The summed E-state index contributed by atoms with van der Waals surface area (Å²) in [5.74, 6) is 0.868. The largest absolute Gasteiger partial charge is 0.392 e. The molecule has 5 heteroatoms. The number of nitrogens with one attached hydrogen (secondary N) is 1. The molecule has 0 bridgehead atoms. The molecule has 0 aromatic carbocycles. The van der Waals surface area contributed by atoms with Gasteiger partial charge in [0, 0.05) is 13.1 Å². The molecule has 13 heavy (non-hydrogen) atoms. The summed E-state index contributed by atoms with van der Waals surface area (Å²) in [6, 6.07) is 0.0664. The van der Waals surface area contributed by atoms with Gasteiger partial charge in [-0.05, 0) is 13.8 Å². The Hall–Kier alpha value is -0.940. The fourth-order valence-corrected chi connectivity index (χ4v) is 0.890. The fourth-order valence-electron chi connectivity index (χ4n) is 0.890. The second kappa shape index (κ2) is 4.34. The molecule has 0 saturated heterocycles. The number of aliphatic hydroxyl groups is 1. The first kappa shape index (κ1) is 10.1. The smallest absolute Gasteiger partial charge is 0.146 e. The molecule has 2 N–H and O–H groups in total. The van der Waals surface area contributed by atoms with E-state index in [1.54, 1.807) is 13.3 Å². The normalized spacial score (nSPS) is 15.7. The highest BCUT2D eigenvalue weighted by Gasteiger charge is 2.08. The van der Waals surface area contributed by atoms with Crippen molar-refractivity contribution >= 4 is 0 Å². The number of aromatic nitrogens is 3. The van der Waals surface area contributed by atoms with Gasteiger partial charge in [0.15, 0.2) is 0 Å². The summed E-state index contributed by atoms with van der Waals surface area (Å²) in [7, 11) is 1.89. The second-order valence-electron chi connectivity index (χ2n) is 3.27. The Morgan fingerprint density at radius 3 is 2.77 bits per heavy atom. The van der Waals surface area contributed by atoms with Crippen LogP contribution in [0.5, 0.6) is 0 Å². The van der Waals surface area contributed by atoms with E-state index in [1.807, 2.05) is 18.5 Å². The van der Waals surface area contributed by atoms with Gasteiger partial charge >= 0.3 is 0 Å². The van der Waals surface area contributed by atoms with Crippen molar-refractivity contribution in [3.8, 4) is 0 Å². The first-order valence-corrected chi connectivity index (χ1v) is 4.35. The van der Waals surface area contributed by atoms with Crippen LogP contribution < -0.4 is 5.32 Å². The minimum absolute atomic E-state index is 0.0664. The molecule has 0 radical (unpaired) electrons. The van der Waals surface area contributed by atoms with Crippen LogP contribution in [-0.2, 0) is 13.6 Å². The van der Waals surface area contributed by atoms with E-state index in [9.17, 15) is 5.11 Å². The molecule has 0 aliphatic carbocycles. The van der Waals surface area contributed by atoms with Crippen molar-refractivity contribution in [2.24, 2.45) is 7.05 Å². The van der Waals surface area contributed by atoms with Crippen LogP contribution in [-0.4, -0.2) is 32.0 Å². The number of aryl methyl sites for hydroxylation is 1. The summed E-state index contributed by atoms with van der Waals surface area (Å²) in [6.45, 7) is 4.32. The number of rotatable bonds is 4. The first-order chi connectivity index (χ1) is 6.11. The minimum atomic E-state index is -0.353. The van der Waals surface area contributed by atoms with Gasteiger partial charge in [-0.25, -0.2) is 0 Å². The molecule has 0 aliphatic rings. The van der Waals surface area contributed by atoms with Gasteiger partial charge in [-0.1, -0.05) is 0 Å². The van der Waals surface area contributed by atoms with Crippen molar-refractivity contribution in [3.05, 3.63) is 12.2 Å². The molecule has 0 spiro atoms. The fraction of sp³-hybridized carbons (Fsp3) is 0.750. The molecule has 1 aromatic heterocycles. The lowest BCUT2D eigenvalue weighted by Crippen LogP contribution is -2.35. The average molecular weight is 184 g/mol. The molecule has 1 rings (SSSR count). The molecular weight excluding hydrogens is 168 g/mol. The monoisotopic (exact) mass is 184 g/mol. The molecule has 1 aromatic rings. The van der Waals surface area contributed by atoms with Gasteiger partial charge in [0.1, 0.15) is 12.2 Å². The summed E-state index contributed by atoms with van der Waals surface area (Å²) < 4.78 is 1.85. The minimum Gasteiger partial charge on any atom is -0.392 e. The van der Waals surface area contributed by atoms with Crippen molar-refractivity contribution < 1.29 is 5.11 Å². The van der Waals surface area contributed by atoms with Crippen LogP contribution in [0.3, 0.4) is 0 Å². The summed E-state index contributed by atoms with van der Waals surface area (Å²) in [5, 5.41) is 20.0. The van der Waals surface area contributed by atoms with E-state index in [0.717, 1.165) is 5.82 Å². The van der Waals surface area contributed by atoms with E-state index < -0.39 is 0 Å². The van der Waals surface area contributed by atoms with Gasteiger partial charge in [-0.15, -0.1) is 10.2 Å². The van der Waals surface area contributed by atoms with Crippen LogP contribution >= 0.6 is 0 Å². The quantitative estimate of drug-likeness (QED) is 0.673. The van der Waals surface area contributed by atoms with Crippen LogP contribution in [0.15, 0.2) is 6.33 Å². The van der Waals surface area contributed by atoms with E-state index >= 15 is 0 Å². The van der Waals surface area contributed by atoms with Gasteiger partial charge in [-0.3, -0.25) is 0 Å². The van der Waals surface area contributed by atoms with E-state index in [-0.39, 0.29) is 12.1 Å². The van der Waals surface area contributed by atoms with Crippen LogP contribution in [0.1, 0.15) is 19.7 Å². The van der Waals surface area contributed by atoms with Crippen molar-refractivity contribution in [1.29, 1.82) is 0 Å². The van der Waals surface area contributed by atoms with Crippen LogP contribution in [0, 0.1) is 0 Å². The maximum Gasteiger partial charge on any atom is 0.146 e. The number of nitrogens with zero attached hydrogens (tertiary/aromatic N) is 3. The Labute approximate surface area is 77.8 Å². The zero-order valence-electron chi connectivity index (χ0n) is 8.23. The van der Waals surface area contributed by atoms with Crippen molar-refractivity contribution in [2.45, 2.75) is 32.5 Å². The standard InChI is InChI=1S/C8H16N4O/c1-6(7(2)13)9-4-8-11-10-5-12(8)3/h5-7,9,13H,4H2,1-3H3. The average Bonchev–Trinajstić information content (AvgIpc) is 2.47. The summed E-state index contributed by atoms with van der Waals surface area (Å²) >= 11 is 0. The van der Waals surface area contributed by atoms with E-state index in [0.29, 0.717) is 6.54 Å². The van der Waals surface area contributed by atoms with Gasteiger partial charge in [0.25, 0.3) is 0 Å². The van der Waals surface area contributed by atoms with E-state index in [2.05, 4.69) is 15.5 Å². The third-order valence-electron chi connectivity index (χ3n) is 2.11. The molecule has 0 amide bonds. The predicted molar refractivity (Wildman–Crippen MR) is 49.0 cm³/mol. The molecule has 2 atom stereocenters. The highest BCUT2D eigenvalue weighted by molar-refractivity contribution is 4.84. The SMILES string of the molecule is CC(O)C(C)NCc1nncn1C. The van der Waals surface area contributed by atoms with Gasteiger partial charge < -0.3 is 15.0 Å².